The summed E-state index contributed by atoms with van der Waals surface area (Å²) in [5.41, 5.74) is -0.0552. The summed E-state index contributed by atoms with van der Waals surface area (Å²) in [6.45, 7) is 1.56. The highest BCUT2D eigenvalue weighted by atomic mass is 19.3. The summed E-state index contributed by atoms with van der Waals surface area (Å²) in [6, 6.07) is 7.47. The first-order valence-corrected chi connectivity index (χ1v) is 10.3. The molecule has 10 heteroatoms. The predicted molar refractivity (Wildman–Crippen MR) is 118 cm³/mol. The molecule has 1 aliphatic heterocycles. The number of hydrogen-bond donors (Lipinski definition) is 3. The normalized spacial score (nSPS) is 16.8. The van der Waals surface area contributed by atoms with Gasteiger partial charge in [0, 0.05) is 30.5 Å². The van der Waals surface area contributed by atoms with Crippen LogP contribution in [0.4, 0.5) is 13.6 Å². The molecule has 1 heterocycles. The number of carbonyl (C=O) groups is 4. The van der Waals surface area contributed by atoms with E-state index in [4.69, 9.17) is 0 Å². The number of carbonyl (C=O) groups excluding carboxylic acids is 3. The van der Waals surface area contributed by atoms with Crippen LogP contribution in [-0.4, -0.2) is 46.8 Å². The van der Waals surface area contributed by atoms with E-state index in [1.807, 2.05) is 0 Å². The number of halogens is 2. The first-order valence-electron chi connectivity index (χ1n) is 10.3. The first-order chi connectivity index (χ1) is 16.0. The number of ketones is 1. The van der Waals surface area contributed by atoms with Crippen LogP contribution in [0.25, 0.3) is 0 Å². The third kappa shape index (κ3) is 5.28. The zero-order valence-electron chi connectivity index (χ0n) is 18.4. The van der Waals surface area contributed by atoms with Crippen LogP contribution in [0.2, 0.25) is 0 Å². The van der Waals surface area contributed by atoms with Gasteiger partial charge in [-0.1, -0.05) is 42.5 Å². The second kappa shape index (κ2) is 9.82. The lowest BCUT2D eigenvalue weighted by Crippen LogP contribution is -2.55. The molecule has 0 saturated heterocycles. The van der Waals surface area contributed by atoms with Gasteiger partial charge in [-0.2, -0.15) is 8.78 Å². The van der Waals surface area contributed by atoms with E-state index in [2.05, 4.69) is 10.6 Å². The number of carboxylic acids is 1. The van der Waals surface area contributed by atoms with E-state index in [1.165, 1.54) is 43.6 Å². The minimum atomic E-state index is -3.37. The smallest absolute Gasteiger partial charge is 0.316 e. The average Bonchev–Trinajstić information content (AvgIpc) is 2.79. The number of urea groups is 1. The fourth-order valence-corrected chi connectivity index (χ4v) is 3.60. The van der Waals surface area contributed by atoms with Crippen molar-refractivity contribution >= 4 is 23.7 Å². The maximum atomic E-state index is 15.2. The maximum Gasteiger partial charge on any atom is 0.316 e. The molecule has 3 amide bonds. The van der Waals surface area contributed by atoms with Crippen molar-refractivity contribution in [1.82, 2.24) is 15.5 Å². The van der Waals surface area contributed by atoms with Crippen LogP contribution in [0.5, 0.6) is 0 Å². The molecule has 0 aliphatic carbocycles. The van der Waals surface area contributed by atoms with Gasteiger partial charge in [-0.15, -0.1) is 0 Å². The molecular formula is C24H23F2N3O5. The molecule has 1 aliphatic rings. The highest BCUT2D eigenvalue weighted by Crippen LogP contribution is 2.38. The van der Waals surface area contributed by atoms with Crippen LogP contribution in [0.1, 0.15) is 34.7 Å². The molecule has 0 fully saturated rings. The summed E-state index contributed by atoms with van der Waals surface area (Å²) in [4.78, 5) is 49.2. The minimum absolute atomic E-state index is 0.127. The Labute approximate surface area is 194 Å². The Bertz CT molecular complexity index is 1160. The molecule has 2 atom stereocenters. The van der Waals surface area contributed by atoms with Crippen molar-refractivity contribution in [3.63, 3.8) is 0 Å². The Balaban J connectivity index is 1.86. The first kappa shape index (κ1) is 24.6. The summed E-state index contributed by atoms with van der Waals surface area (Å²) in [5, 5.41) is 13.9. The topological polar surface area (TPSA) is 116 Å². The molecule has 2 unspecified atom stereocenters. The van der Waals surface area contributed by atoms with Gasteiger partial charge in [0.15, 0.2) is 11.8 Å². The Morgan fingerprint density at radius 3 is 2.53 bits per heavy atom. The maximum absolute atomic E-state index is 15.2. The van der Waals surface area contributed by atoms with Gasteiger partial charge >= 0.3 is 12.0 Å². The molecule has 3 rings (SSSR count). The van der Waals surface area contributed by atoms with E-state index < -0.39 is 48.1 Å². The van der Waals surface area contributed by atoms with E-state index in [0.717, 1.165) is 17.0 Å². The molecule has 178 valence electrons. The summed E-state index contributed by atoms with van der Waals surface area (Å²) in [5.74, 6) is -5.96. The van der Waals surface area contributed by atoms with Crippen LogP contribution in [-0.2, 0) is 20.3 Å². The lowest BCUT2D eigenvalue weighted by Gasteiger charge is -2.26. The SMILES string of the molecule is Cc1ccccc1C(F)(F)c1cccc(C(CC(=O)O)NC(=O)NC2C(=O)C=CN(C)C2=O)c1. The summed E-state index contributed by atoms with van der Waals surface area (Å²) in [6.07, 6.45) is 1.77. The van der Waals surface area contributed by atoms with Gasteiger partial charge in [0.25, 0.3) is 11.8 Å². The average molecular weight is 471 g/mol. The van der Waals surface area contributed by atoms with Crippen molar-refractivity contribution in [2.24, 2.45) is 0 Å². The van der Waals surface area contributed by atoms with E-state index in [-0.39, 0.29) is 16.7 Å². The summed E-state index contributed by atoms with van der Waals surface area (Å²) in [7, 11) is 1.41. The summed E-state index contributed by atoms with van der Waals surface area (Å²) < 4.78 is 30.5. The fraction of sp³-hybridized carbons (Fsp3) is 0.250. The lowest BCUT2D eigenvalue weighted by atomic mass is 9.93. The zero-order valence-corrected chi connectivity index (χ0v) is 18.4. The highest BCUT2D eigenvalue weighted by molar-refractivity contribution is 6.14. The van der Waals surface area contributed by atoms with Gasteiger partial charge in [-0.05, 0) is 24.1 Å². The number of alkyl halides is 2. The van der Waals surface area contributed by atoms with Crippen molar-refractivity contribution in [3.8, 4) is 0 Å². The molecule has 3 N–H and O–H groups in total. The molecule has 0 radical (unpaired) electrons. The molecule has 2 aromatic carbocycles. The second-order valence-electron chi connectivity index (χ2n) is 7.88. The Morgan fingerprint density at radius 2 is 1.85 bits per heavy atom. The number of likely N-dealkylation sites (N-methyl/N-ethyl adjacent to an activating group) is 1. The fourth-order valence-electron chi connectivity index (χ4n) is 3.60. The Kier molecular flexibility index (Phi) is 7.09. The molecule has 8 nitrogen and oxygen atoms in total. The monoisotopic (exact) mass is 471 g/mol. The quantitative estimate of drug-likeness (QED) is 0.537. The van der Waals surface area contributed by atoms with Gasteiger partial charge in [-0.3, -0.25) is 14.4 Å². The van der Waals surface area contributed by atoms with Crippen molar-refractivity contribution in [2.75, 3.05) is 7.05 Å². The van der Waals surface area contributed by atoms with Crippen molar-refractivity contribution in [3.05, 3.63) is 83.1 Å². The standard InChI is InChI=1S/C24H23F2N3O5/c1-14-6-3-4-9-17(14)24(25,26)16-8-5-7-15(12-16)18(13-20(31)32)27-23(34)28-21-19(30)10-11-29(2)22(21)33/h3-12,18,21H,13H2,1-2H3,(H,31,32)(H2,27,28,34). The lowest BCUT2D eigenvalue weighted by molar-refractivity contribution is -0.138. The van der Waals surface area contributed by atoms with E-state index in [9.17, 15) is 24.3 Å². The number of aryl methyl sites for hydroxylation is 1. The van der Waals surface area contributed by atoms with Crippen molar-refractivity contribution in [1.29, 1.82) is 0 Å². The molecule has 34 heavy (non-hydrogen) atoms. The predicted octanol–water partition coefficient (Wildman–Crippen LogP) is 2.87. The van der Waals surface area contributed by atoms with Crippen LogP contribution in [0, 0.1) is 6.92 Å². The number of hydrogen-bond acceptors (Lipinski definition) is 4. The zero-order chi connectivity index (χ0) is 25.0. The molecule has 0 spiro atoms. The largest absolute Gasteiger partial charge is 0.481 e. The van der Waals surface area contributed by atoms with Gasteiger partial charge in [0.2, 0.25) is 0 Å². The van der Waals surface area contributed by atoms with Crippen LogP contribution in [0.15, 0.2) is 60.8 Å². The van der Waals surface area contributed by atoms with Crippen LogP contribution in [0.3, 0.4) is 0 Å². The van der Waals surface area contributed by atoms with Gasteiger partial charge in [0.05, 0.1) is 12.5 Å². The van der Waals surface area contributed by atoms with E-state index in [1.54, 1.807) is 19.1 Å². The van der Waals surface area contributed by atoms with Gasteiger partial charge in [-0.25, -0.2) is 4.79 Å². The van der Waals surface area contributed by atoms with E-state index in [0.29, 0.717) is 5.56 Å². The van der Waals surface area contributed by atoms with Gasteiger partial charge < -0.3 is 20.6 Å². The number of carboxylic acid groups (broad SMARTS) is 1. The molecule has 0 aromatic heterocycles. The summed E-state index contributed by atoms with van der Waals surface area (Å²) >= 11 is 0. The molecule has 2 aromatic rings. The Hall–Kier alpha value is -4.08. The molecule has 0 bridgehead atoms. The Morgan fingerprint density at radius 1 is 1.15 bits per heavy atom. The van der Waals surface area contributed by atoms with Crippen LogP contribution < -0.4 is 10.6 Å². The van der Waals surface area contributed by atoms with E-state index >= 15 is 8.78 Å². The van der Waals surface area contributed by atoms with Crippen molar-refractivity contribution in [2.45, 2.75) is 31.4 Å². The van der Waals surface area contributed by atoms with Crippen LogP contribution >= 0.6 is 0 Å². The minimum Gasteiger partial charge on any atom is -0.481 e. The van der Waals surface area contributed by atoms with Gasteiger partial charge in [0.1, 0.15) is 0 Å². The number of nitrogens with one attached hydrogen (secondary N) is 2. The highest BCUT2D eigenvalue weighted by Gasteiger charge is 2.36. The number of benzene rings is 2. The number of aliphatic carboxylic acids is 1. The molecule has 0 saturated carbocycles. The molecular weight excluding hydrogens is 448 g/mol. The number of nitrogens with zero attached hydrogens (tertiary/aromatic N) is 1. The third-order valence-electron chi connectivity index (χ3n) is 5.44. The number of amides is 3. The van der Waals surface area contributed by atoms with Crippen molar-refractivity contribution < 1.29 is 33.1 Å². The second-order valence-corrected chi connectivity index (χ2v) is 7.88. The number of rotatable bonds is 7. The third-order valence-corrected chi connectivity index (χ3v) is 5.44.